The summed E-state index contributed by atoms with van der Waals surface area (Å²) in [7, 11) is 3.22. The van der Waals surface area contributed by atoms with Gasteiger partial charge in [-0.1, -0.05) is 19.8 Å². The fourth-order valence-electron chi connectivity index (χ4n) is 3.02. The van der Waals surface area contributed by atoms with Gasteiger partial charge in [0.1, 0.15) is 11.4 Å². The van der Waals surface area contributed by atoms with Gasteiger partial charge in [0.15, 0.2) is 0 Å². The van der Waals surface area contributed by atoms with Crippen molar-refractivity contribution in [1.82, 2.24) is 19.8 Å². The third kappa shape index (κ3) is 6.69. The van der Waals surface area contributed by atoms with Crippen LogP contribution < -0.4 is 16.0 Å². The van der Waals surface area contributed by atoms with Gasteiger partial charge in [0.05, 0.1) is 22.6 Å². The lowest BCUT2D eigenvalue weighted by Crippen LogP contribution is -2.31. The highest BCUT2D eigenvalue weighted by molar-refractivity contribution is 6.04. The molecule has 0 radical (unpaired) electrons. The van der Waals surface area contributed by atoms with Crippen molar-refractivity contribution in [2.24, 2.45) is 14.1 Å². The Morgan fingerprint density at radius 1 is 1.03 bits per heavy atom. The predicted octanol–water partition coefficient (Wildman–Crippen LogP) is 2.40. The van der Waals surface area contributed by atoms with Gasteiger partial charge < -0.3 is 25.1 Å². The van der Waals surface area contributed by atoms with E-state index in [0.29, 0.717) is 30.2 Å². The number of amidine groups is 1. The van der Waals surface area contributed by atoms with E-state index in [4.69, 9.17) is 5.41 Å². The lowest BCUT2D eigenvalue weighted by molar-refractivity contribution is -0.384. The summed E-state index contributed by atoms with van der Waals surface area (Å²) < 4.78 is 2.95. The molecule has 0 atom stereocenters. The molecule has 2 amide bonds. The van der Waals surface area contributed by atoms with Crippen LogP contribution in [0.25, 0.3) is 0 Å². The maximum absolute atomic E-state index is 12.4. The summed E-state index contributed by atoms with van der Waals surface area (Å²) in [5, 5.41) is 27.2. The lowest BCUT2D eigenvalue weighted by atomic mass is 10.2. The van der Waals surface area contributed by atoms with Crippen LogP contribution in [0.1, 0.15) is 53.6 Å². The van der Waals surface area contributed by atoms with Gasteiger partial charge in [-0.05, 0) is 12.5 Å². The lowest BCUT2D eigenvalue weighted by Gasteiger charge is -2.09. The summed E-state index contributed by atoms with van der Waals surface area (Å²) in [5.41, 5.74) is 0.695. The van der Waals surface area contributed by atoms with Gasteiger partial charge in [-0.15, -0.1) is 0 Å². The van der Waals surface area contributed by atoms with Crippen molar-refractivity contribution in [3.8, 4) is 0 Å². The largest absolute Gasteiger partial charge is 0.374 e. The normalized spacial score (nSPS) is 10.5. The van der Waals surface area contributed by atoms with Gasteiger partial charge in [-0.25, -0.2) is 0 Å². The molecule has 2 aromatic rings. The zero-order valence-corrected chi connectivity index (χ0v) is 18.0. The monoisotopic (exact) mass is 431 g/mol. The molecule has 31 heavy (non-hydrogen) atoms. The molecule has 0 aliphatic carbocycles. The van der Waals surface area contributed by atoms with E-state index < -0.39 is 10.8 Å². The molecule has 0 saturated carbocycles. The first-order chi connectivity index (χ1) is 14.7. The van der Waals surface area contributed by atoms with Crippen molar-refractivity contribution in [3.63, 3.8) is 0 Å². The number of nitrogens with zero attached hydrogens (tertiary/aromatic N) is 3. The number of rotatable bonds is 11. The van der Waals surface area contributed by atoms with Crippen LogP contribution >= 0.6 is 0 Å². The van der Waals surface area contributed by atoms with Gasteiger partial charge in [0.25, 0.3) is 17.5 Å². The quantitative estimate of drug-likeness (QED) is 0.142. The standard InChI is InChI=1S/C20H29N7O4/c1-4-5-6-8-22-18(21)7-9-23-19(28)16-10-14(12-25(16)2)24-20(29)17-11-15(27(30)31)13-26(17)3/h10-13H,4-9H2,1-3H3,(H2,21,22)(H,23,28)(H,24,29). The van der Waals surface area contributed by atoms with E-state index in [2.05, 4.69) is 22.9 Å². The van der Waals surface area contributed by atoms with Crippen molar-refractivity contribution in [2.75, 3.05) is 18.4 Å². The zero-order valence-electron chi connectivity index (χ0n) is 18.0. The first-order valence-electron chi connectivity index (χ1n) is 10.1. The Hall–Kier alpha value is -3.63. The van der Waals surface area contributed by atoms with E-state index in [-0.39, 0.29) is 17.3 Å². The number of carbonyl (C=O) groups is 2. The summed E-state index contributed by atoms with van der Waals surface area (Å²) in [6, 6.07) is 2.72. The van der Waals surface area contributed by atoms with Gasteiger partial charge in [0, 0.05) is 45.9 Å². The molecule has 0 saturated heterocycles. The molecular formula is C20H29N7O4. The molecule has 4 N–H and O–H groups in total. The van der Waals surface area contributed by atoms with Crippen LogP contribution in [0.15, 0.2) is 24.5 Å². The van der Waals surface area contributed by atoms with Crippen molar-refractivity contribution < 1.29 is 14.5 Å². The van der Waals surface area contributed by atoms with Crippen LogP contribution in [0, 0.1) is 15.5 Å². The molecule has 0 unspecified atom stereocenters. The number of nitrogens with one attached hydrogen (secondary N) is 4. The van der Waals surface area contributed by atoms with E-state index in [1.165, 1.54) is 22.9 Å². The second-order valence-electron chi connectivity index (χ2n) is 7.25. The van der Waals surface area contributed by atoms with E-state index in [9.17, 15) is 19.7 Å². The third-order valence-corrected chi connectivity index (χ3v) is 4.71. The fourth-order valence-corrected chi connectivity index (χ4v) is 3.02. The topological polar surface area (TPSA) is 147 Å². The Labute approximate surface area is 180 Å². The average Bonchev–Trinajstić information content (AvgIpc) is 3.27. The fraction of sp³-hybridized carbons (Fsp3) is 0.450. The summed E-state index contributed by atoms with van der Waals surface area (Å²) in [6.45, 7) is 3.19. The number of aromatic nitrogens is 2. The maximum Gasteiger partial charge on any atom is 0.287 e. The number of hydrogen-bond acceptors (Lipinski definition) is 5. The number of anilines is 1. The van der Waals surface area contributed by atoms with Crippen molar-refractivity contribution in [2.45, 2.75) is 32.6 Å². The van der Waals surface area contributed by atoms with E-state index in [1.54, 1.807) is 24.9 Å². The van der Waals surface area contributed by atoms with E-state index in [1.807, 2.05) is 0 Å². The Bertz CT molecular complexity index is 961. The molecular weight excluding hydrogens is 402 g/mol. The Morgan fingerprint density at radius 3 is 2.35 bits per heavy atom. The molecule has 2 heterocycles. The average molecular weight is 431 g/mol. The molecule has 11 nitrogen and oxygen atoms in total. The maximum atomic E-state index is 12.4. The third-order valence-electron chi connectivity index (χ3n) is 4.71. The molecule has 0 spiro atoms. The first-order valence-corrected chi connectivity index (χ1v) is 10.1. The van der Waals surface area contributed by atoms with E-state index >= 15 is 0 Å². The van der Waals surface area contributed by atoms with Crippen molar-refractivity contribution in [3.05, 3.63) is 46.0 Å². The molecule has 2 aromatic heterocycles. The van der Waals surface area contributed by atoms with Gasteiger partial charge in [-0.3, -0.25) is 25.1 Å². The molecule has 0 bridgehead atoms. The van der Waals surface area contributed by atoms with Crippen LogP contribution in [0.3, 0.4) is 0 Å². The molecule has 0 fully saturated rings. The number of carbonyl (C=O) groups excluding carboxylic acids is 2. The van der Waals surface area contributed by atoms with Gasteiger partial charge in [-0.2, -0.15) is 0 Å². The highest BCUT2D eigenvalue weighted by Crippen LogP contribution is 2.18. The minimum Gasteiger partial charge on any atom is -0.374 e. The molecule has 2 rings (SSSR count). The Balaban J connectivity index is 1.89. The second kappa shape index (κ2) is 11.0. The number of unbranched alkanes of at least 4 members (excludes halogenated alkanes) is 2. The first kappa shape index (κ1) is 23.6. The predicted molar refractivity (Wildman–Crippen MR) is 118 cm³/mol. The van der Waals surface area contributed by atoms with Crippen LogP contribution in [0.2, 0.25) is 0 Å². The van der Waals surface area contributed by atoms with Crippen LogP contribution in [0.4, 0.5) is 11.4 Å². The molecule has 0 aliphatic rings. The van der Waals surface area contributed by atoms with Crippen LogP contribution in [-0.4, -0.2) is 44.8 Å². The van der Waals surface area contributed by atoms with E-state index in [0.717, 1.165) is 25.8 Å². The second-order valence-corrected chi connectivity index (χ2v) is 7.25. The summed E-state index contributed by atoms with van der Waals surface area (Å²) in [5.74, 6) is -0.458. The smallest absolute Gasteiger partial charge is 0.287 e. The highest BCUT2D eigenvalue weighted by Gasteiger charge is 2.19. The van der Waals surface area contributed by atoms with Crippen LogP contribution in [-0.2, 0) is 14.1 Å². The minimum absolute atomic E-state index is 0.131. The highest BCUT2D eigenvalue weighted by atomic mass is 16.6. The Morgan fingerprint density at radius 2 is 1.71 bits per heavy atom. The molecule has 0 aliphatic heterocycles. The SMILES string of the molecule is CCCCCNC(=N)CCNC(=O)c1cc(NC(=O)c2cc([N+](=O)[O-])cn2C)cn1C. The number of amides is 2. The Kier molecular flexibility index (Phi) is 8.35. The minimum atomic E-state index is -0.567. The van der Waals surface area contributed by atoms with Crippen molar-refractivity contribution >= 4 is 29.0 Å². The summed E-state index contributed by atoms with van der Waals surface area (Å²) >= 11 is 0. The van der Waals surface area contributed by atoms with Gasteiger partial charge >= 0.3 is 0 Å². The number of aryl methyl sites for hydroxylation is 2. The summed E-state index contributed by atoms with van der Waals surface area (Å²) in [4.78, 5) is 35.2. The summed E-state index contributed by atoms with van der Waals surface area (Å²) in [6.07, 6.45) is 6.49. The zero-order chi connectivity index (χ0) is 23.0. The number of nitro groups is 1. The molecule has 11 heteroatoms. The van der Waals surface area contributed by atoms with Crippen molar-refractivity contribution in [1.29, 1.82) is 5.41 Å². The van der Waals surface area contributed by atoms with Gasteiger partial charge in [0.2, 0.25) is 0 Å². The van der Waals surface area contributed by atoms with Crippen LogP contribution in [0.5, 0.6) is 0 Å². The molecule has 0 aromatic carbocycles. The number of hydrogen-bond donors (Lipinski definition) is 4. The molecule has 168 valence electrons.